The largest absolute Gasteiger partial charge is 0.507 e. The number of thiocarbonyl (C=S) groups is 1. The van der Waals surface area contributed by atoms with Crippen LogP contribution in [0.2, 0.25) is 5.02 Å². The first-order chi connectivity index (χ1) is 9.47. The third kappa shape index (κ3) is 3.26. The van der Waals surface area contributed by atoms with Gasteiger partial charge >= 0.3 is 0 Å². The van der Waals surface area contributed by atoms with Gasteiger partial charge in [-0.2, -0.15) is 0 Å². The number of carbonyl (C=O) groups is 1. The highest BCUT2D eigenvalue weighted by Crippen LogP contribution is 2.23. The fourth-order valence-corrected chi connectivity index (χ4v) is 1.94. The summed E-state index contributed by atoms with van der Waals surface area (Å²) in [6.45, 7) is 0. The topological polar surface area (TPSA) is 75.3 Å². The van der Waals surface area contributed by atoms with E-state index in [1.807, 2.05) is 0 Å². The minimum absolute atomic E-state index is 0.134. The predicted octanol–water partition coefficient (Wildman–Crippen LogP) is 2.93. The van der Waals surface area contributed by atoms with E-state index in [0.717, 1.165) is 0 Å². The van der Waals surface area contributed by atoms with Crippen LogP contribution in [-0.2, 0) is 0 Å². The van der Waals surface area contributed by atoms with Crippen LogP contribution in [0.1, 0.15) is 15.9 Å². The molecule has 0 saturated carbocycles. The van der Waals surface area contributed by atoms with Gasteiger partial charge in [-0.3, -0.25) is 4.79 Å². The van der Waals surface area contributed by atoms with Gasteiger partial charge < -0.3 is 16.2 Å². The first-order valence-electron chi connectivity index (χ1n) is 5.67. The van der Waals surface area contributed by atoms with Crippen LogP contribution in [-0.4, -0.2) is 16.0 Å². The number of halogens is 1. The summed E-state index contributed by atoms with van der Waals surface area (Å²) < 4.78 is 0. The third-order valence-electron chi connectivity index (χ3n) is 2.61. The Morgan fingerprint density at radius 1 is 1.25 bits per heavy atom. The van der Waals surface area contributed by atoms with Crippen LogP contribution < -0.4 is 11.1 Å². The van der Waals surface area contributed by atoms with E-state index >= 15 is 0 Å². The normalized spacial score (nSPS) is 10.1. The average Bonchev–Trinajstić information content (AvgIpc) is 2.38. The van der Waals surface area contributed by atoms with Crippen molar-refractivity contribution >= 4 is 40.4 Å². The number of carbonyl (C=O) groups excluding carboxylic acids is 1. The molecule has 0 aliphatic carbocycles. The average molecular weight is 307 g/mol. The minimum Gasteiger partial charge on any atom is -0.507 e. The molecule has 2 rings (SSSR count). The van der Waals surface area contributed by atoms with Gasteiger partial charge in [0.1, 0.15) is 10.7 Å². The number of nitrogens with one attached hydrogen (secondary N) is 1. The second-order valence-electron chi connectivity index (χ2n) is 4.06. The molecule has 6 heteroatoms. The Labute approximate surface area is 126 Å². The Kier molecular flexibility index (Phi) is 4.22. The molecule has 1 amide bonds. The maximum atomic E-state index is 12.0. The van der Waals surface area contributed by atoms with Gasteiger partial charge in [-0.25, -0.2) is 0 Å². The van der Waals surface area contributed by atoms with Crippen molar-refractivity contribution in [3.63, 3.8) is 0 Å². The molecule has 4 nitrogen and oxygen atoms in total. The van der Waals surface area contributed by atoms with Crippen molar-refractivity contribution in [3.8, 4) is 5.75 Å². The van der Waals surface area contributed by atoms with Crippen LogP contribution >= 0.6 is 23.8 Å². The number of hydrogen-bond acceptors (Lipinski definition) is 3. The van der Waals surface area contributed by atoms with E-state index in [-0.39, 0.29) is 16.3 Å². The van der Waals surface area contributed by atoms with Gasteiger partial charge in [-0.1, -0.05) is 36.0 Å². The van der Waals surface area contributed by atoms with E-state index in [1.54, 1.807) is 24.3 Å². The molecule has 0 fully saturated rings. The minimum atomic E-state index is -0.445. The molecule has 4 N–H and O–H groups in total. The first-order valence-corrected chi connectivity index (χ1v) is 6.46. The monoisotopic (exact) mass is 306 g/mol. The highest BCUT2D eigenvalue weighted by Gasteiger charge is 2.12. The zero-order valence-electron chi connectivity index (χ0n) is 10.3. The van der Waals surface area contributed by atoms with Gasteiger partial charge in [0.2, 0.25) is 0 Å². The van der Waals surface area contributed by atoms with Crippen LogP contribution in [0.15, 0.2) is 42.5 Å². The Balaban J connectivity index is 2.23. The molecular formula is C14H11ClN2O2S. The summed E-state index contributed by atoms with van der Waals surface area (Å²) in [7, 11) is 0. The number of aromatic hydroxyl groups is 1. The van der Waals surface area contributed by atoms with Gasteiger partial charge in [0.15, 0.2) is 0 Å². The number of anilines is 1. The van der Waals surface area contributed by atoms with Crippen molar-refractivity contribution in [2.45, 2.75) is 0 Å². The van der Waals surface area contributed by atoms with E-state index in [9.17, 15) is 9.90 Å². The van der Waals surface area contributed by atoms with Gasteiger partial charge in [-0.15, -0.1) is 0 Å². The molecule has 0 unspecified atom stereocenters. The molecule has 0 aliphatic rings. The molecule has 0 aliphatic heterocycles. The summed E-state index contributed by atoms with van der Waals surface area (Å²) in [6, 6.07) is 11.1. The lowest BCUT2D eigenvalue weighted by Gasteiger charge is -2.08. The summed E-state index contributed by atoms with van der Waals surface area (Å²) in [5.41, 5.74) is 6.85. The van der Waals surface area contributed by atoms with E-state index in [2.05, 4.69) is 5.32 Å². The second-order valence-corrected chi connectivity index (χ2v) is 4.94. The van der Waals surface area contributed by atoms with Crippen molar-refractivity contribution in [2.24, 2.45) is 5.73 Å². The van der Waals surface area contributed by atoms with Crippen LogP contribution in [0.3, 0.4) is 0 Å². The first kappa shape index (κ1) is 14.3. The molecular weight excluding hydrogens is 296 g/mol. The summed E-state index contributed by atoms with van der Waals surface area (Å²) >= 11 is 10.6. The second kappa shape index (κ2) is 5.90. The summed E-state index contributed by atoms with van der Waals surface area (Å²) in [6.07, 6.45) is 0. The standard InChI is InChI=1S/C14H11ClN2O2S/c15-9-4-5-11(12(18)7-9)14(19)17-10-3-1-2-8(6-10)13(16)20/h1-7,18H,(H2,16,20)(H,17,19). The number of rotatable bonds is 3. The van der Waals surface area contributed by atoms with Crippen molar-refractivity contribution < 1.29 is 9.90 Å². The molecule has 0 bridgehead atoms. The van der Waals surface area contributed by atoms with E-state index < -0.39 is 5.91 Å². The fourth-order valence-electron chi connectivity index (χ4n) is 1.65. The Bertz CT molecular complexity index is 689. The molecule has 2 aromatic carbocycles. The Morgan fingerprint density at radius 2 is 2.00 bits per heavy atom. The van der Waals surface area contributed by atoms with E-state index in [1.165, 1.54) is 18.2 Å². The zero-order valence-corrected chi connectivity index (χ0v) is 11.8. The number of phenols is 1. The third-order valence-corrected chi connectivity index (χ3v) is 3.08. The summed E-state index contributed by atoms with van der Waals surface area (Å²) in [5, 5.41) is 12.7. The predicted molar refractivity (Wildman–Crippen MR) is 83.4 cm³/mol. The number of benzene rings is 2. The van der Waals surface area contributed by atoms with Crippen molar-refractivity contribution in [1.82, 2.24) is 0 Å². The van der Waals surface area contributed by atoms with Gasteiger partial charge in [0, 0.05) is 16.3 Å². The van der Waals surface area contributed by atoms with E-state index in [0.29, 0.717) is 16.3 Å². The molecule has 102 valence electrons. The van der Waals surface area contributed by atoms with Crippen LogP contribution in [0.5, 0.6) is 5.75 Å². The Hall–Kier alpha value is -2.11. The maximum Gasteiger partial charge on any atom is 0.259 e. The highest BCUT2D eigenvalue weighted by atomic mass is 35.5. The van der Waals surface area contributed by atoms with Crippen molar-refractivity contribution in [2.75, 3.05) is 5.32 Å². The molecule has 0 heterocycles. The molecule has 0 saturated heterocycles. The number of amides is 1. The lowest BCUT2D eigenvalue weighted by atomic mass is 10.1. The van der Waals surface area contributed by atoms with Crippen LogP contribution in [0.4, 0.5) is 5.69 Å². The number of phenolic OH excluding ortho intramolecular Hbond substituents is 1. The van der Waals surface area contributed by atoms with Crippen molar-refractivity contribution in [1.29, 1.82) is 0 Å². The Morgan fingerprint density at radius 3 is 2.65 bits per heavy atom. The SMILES string of the molecule is NC(=S)c1cccc(NC(=O)c2ccc(Cl)cc2O)c1. The van der Waals surface area contributed by atoms with Crippen LogP contribution in [0.25, 0.3) is 0 Å². The van der Waals surface area contributed by atoms with Gasteiger partial charge in [-0.05, 0) is 30.3 Å². The molecule has 2 aromatic rings. The number of hydrogen-bond donors (Lipinski definition) is 3. The fraction of sp³-hybridized carbons (Fsp3) is 0. The molecule has 0 spiro atoms. The van der Waals surface area contributed by atoms with Gasteiger partial charge in [0.25, 0.3) is 5.91 Å². The van der Waals surface area contributed by atoms with Crippen molar-refractivity contribution in [3.05, 3.63) is 58.6 Å². The van der Waals surface area contributed by atoms with Crippen LogP contribution in [0, 0.1) is 0 Å². The van der Waals surface area contributed by atoms with Gasteiger partial charge in [0.05, 0.1) is 5.56 Å². The molecule has 0 atom stereocenters. The quantitative estimate of drug-likeness (QED) is 0.762. The molecule has 0 aromatic heterocycles. The lowest BCUT2D eigenvalue weighted by Crippen LogP contribution is -2.14. The molecule has 0 radical (unpaired) electrons. The smallest absolute Gasteiger partial charge is 0.259 e. The lowest BCUT2D eigenvalue weighted by molar-refractivity contribution is 0.102. The highest BCUT2D eigenvalue weighted by molar-refractivity contribution is 7.80. The summed E-state index contributed by atoms with van der Waals surface area (Å²) in [5.74, 6) is -0.625. The van der Waals surface area contributed by atoms with E-state index in [4.69, 9.17) is 29.6 Å². The maximum absolute atomic E-state index is 12.0. The summed E-state index contributed by atoms with van der Waals surface area (Å²) in [4.78, 5) is 12.3. The number of nitrogens with two attached hydrogens (primary N) is 1. The molecule has 20 heavy (non-hydrogen) atoms. The zero-order chi connectivity index (χ0) is 14.7.